The molecule has 1 saturated heterocycles. The predicted octanol–water partition coefficient (Wildman–Crippen LogP) is 1.82. The van der Waals surface area contributed by atoms with Crippen LogP contribution in [0.25, 0.3) is 0 Å². The Kier molecular flexibility index (Phi) is 5.78. The number of carbonyl (C=O) groups is 2. The van der Waals surface area contributed by atoms with Gasteiger partial charge < -0.3 is 24.9 Å². The van der Waals surface area contributed by atoms with E-state index in [0.29, 0.717) is 25.4 Å². The zero-order chi connectivity index (χ0) is 18.4. The summed E-state index contributed by atoms with van der Waals surface area (Å²) in [5.74, 6) is 0.437. The van der Waals surface area contributed by atoms with Gasteiger partial charge >= 0.3 is 6.03 Å². The largest absolute Gasteiger partial charge is 0.467 e. The van der Waals surface area contributed by atoms with Crippen molar-refractivity contribution in [3.63, 3.8) is 0 Å². The van der Waals surface area contributed by atoms with Crippen molar-refractivity contribution in [2.45, 2.75) is 19.5 Å². The van der Waals surface area contributed by atoms with Crippen LogP contribution >= 0.6 is 0 Å². The van der Waals surface area contributed by atoms with Crippen LogP contribution in [0.1, 0.15) is 12.7 Å². The van der Waals surface area contributed by atoms with Gasteiger partial charge in [-0.05, 0) is 31.2 Å². The van der Waals surface area contributed by atoms with Gasteiger partial charge in [0.15, 0.2) is 0 Å². The van der Waals surface area contributed by atoms with E-state index in [2.05, 4.69) is 27.7 Å². The van der Waals surface area contributed by atoms with Gasteiger partial charge in [0.25, 0.3) is 0 Å². The van der Waals surface area contributed by atoms with E-state index in [0.717, 1.165) is 13.1 Å². The number of urea groups is 1. The van der Waals surface area contributed by atoms with Crippen LogP contribution in [0.5, 0.6) is 0 Å². The minimum absolute atomic E-state index is 0.210. The van der Waals surface area contributed by atoms with Gasteiger partial charge in [-0.2, -0.15) is 0 Å². The van der Waals surface area contributed by atoms with Crippen molar-refractivity contribution in [1.29, 1.82) is 0 Å². The van der Waals surface area contributed by atoms with E-state index < -0.39 is 6.04 Å². The second kappa shape index (κ2) is 8.42. The fourth-order valence-corrected chi connectivity index (χ4v) is 2.89. The maximum absolute atomic E-state index is 12.4. The van der Waals surface area contributed by atoms with E-state index in [9.17, 15) is 9.59 Å². The first-order valence-electron chi connectivity index (χ1n) is 8.79. The highest BCUT2D eigenvalue weighted by molar-refractivity contribution is 5.86. The van der Waals surface area contributed by atoms with Gasteiger partial charge in [0.2, 0.25) is 5.91 Å². The Morgan fingerprint density at radius 2 is 1.81 bits per heavy atom. The first-order valence-corrected chi connectivity index (χ1v) is 8.79. The third kappa shape index (κ3) is 4.56. The van der Waals surface area contributed by atoms with E-state index in [1.165, 1.54) is 5.69 Å². The molecular weight excluding hydrogens is 332 g/mol. The van der Waals surface area contributed by atoms with Crippen LogP contribution in [0.2, 0.25) is 0 Å². The van der Waals surface area contributed by atoms with Crippen molar-refractivity contribution >= 4 is 17.6 Å². The summed E-state index contributed by atoms with van der Waals surface area (Å²) >= 11 is 0. The summed E-state index contributed by atoms with van der Waals surface area (Å²) in [6.07, 6.45) is 1.56. The first-order chi connectivity index (χ1) is 12.6. The van der Waals surface area contributed by atoms with Crippen molar-refractivity contribution in [2.75, 3.05) is 31.1 Å². The topological polar surface area (TPSA) is 77.8 Å². The van der Waals surface area contributed by atoms with E-state index in [-0.39, 0.29) is 11.9 Å². The lowest BCUT2D eigenvalue weighted by atomic mass is 10.2. The highest BCUT2D eigenvalue weighted by Gasteiger charge is 2.24. The molecule has 7 nitrogen and oxygen atoms in total. The van der Waals surface area contributed by atoms with Gasteiger partial charge in [0.1, 0.15) is 11.8 Å². The van der Waals surface area contributed by atoms with Crippen molar-refractivity contribution in [1.82, 2.24) is 15.5 Å². The monoisotopic (exact) mass is 356 g/mol. The number of nitrogens with one attached hydrogen (secondary N) is 2. The summed E-state index contributed by atoms with van der Waals surface area (Å²) in [7, 11) is 0. The lowest BCUT2D eigenvalue weighted by molar-refractivity contribution is -0.122. The number of hydrogen-bond acceptors (Lipinski definition) is 4. The fourth-order valence-electron chi connectivity index (χ4n) is 2.89. The SMILES string of the molecule is CC(NC(=O)N1CCN(c2ccccc2)CC1)C(=O)NCc1ccco1. The normalized spacial score (nSPS) is 15.4. The molecule has 0 aliphatic carbocycles. The molecule has 3 rings (SSSR count). The molecule has 0 spiro atoms. The Morgan fingerprint density at radius 3 is 2.46 bits per heavy atom. The number of furan rings is 1. The molecule has 1 aliphatic rings. The molecule has 138 valence electrons. The molecule has 2 aromatic rings. The van der Waals surface area contributed by atoms with Crippen LogP contribution in [0.4, 0.5) is 10.5 Å². The third-order valence-electron chi connectivity index (χ3n) is 4.44. The standard InChI is InChI=1S/C19H24N4O3/c1-15(18(24)20-14-17-8-5-13-26-17)21-19(25)23-11-9-22(10-12-23)16-6-3-2-4-7-16/h2-8,13,15H,9-12,14H2,1H3,(H,20,24)(H,21,25). The molecule has 1 fully saturated rings. The number of rotatable bonds is 5. The minimum Gasteiger partial charge on any atom is -0.467 e. The van der Waals surface area contributed by atoms with Crippen LogP contribution in [0.15, 0.2) is 53.1 Å². The molecule has 1 atom stereocenters. The maximum Gasteiger partial charge on any atom is 0.318 e. The summed E-state index contributed by atoms with van der Waals surface area (Å²) in [4.78, 5) is 28.5. The van der Waals surface area contributed by atoms with E-state index in [1.807, 2.05) is 18.2 Å². The average molecular weight is 356 g/mol. The summed E-state index contributed by atoms with van der Waals surface area (Å²) in [5.41, 5.74) is 1.17. The average Bonchev–Trinajstić information content (AvgIpc) is 3.20. The Bertz CT molecular complexity index is 710. The van der Waals surface area contributed by atoms with Crippen LogP contribution < -0.4 is 15.5 Å². The van der Waals surface area contributed by atoms with Crippen molar-refractivity contribution in [3.8, 4) is 0 Å². The molecule has 0 radical (unpaired) electrons. The zero-order valence-corrected chi connectivity index (χ0v) is 14.9. The van der Waals surface area contributed by atoms with Gasteiger partial charge in [0.05, 0.1) is 12.8 Å². The van der Waals surface area contributed by atoms with E-state index in [4.69, 9.17) is 4.42 Å². The van der Waals surface area contributed by atoms with Crippen LogP contribution in [0.3, 0.4) is 0 Å². The van der Waals surface area contributed by atoms with E-state index >= 15 is 0 Å². The molecule has 1 unspecified atom stereocenters. The van der Waals surface area contributed by atoms with Crippen molar-refractivity contribution < 1.29 is 14.0 Å². The van der Waals surface area contributed by atoms with Gasteiger partial charge in [-0.3, -0.25) is 4.79 Å². The zero-order valence-electron chi connectivity index (χ0n) is 14.9. The van der Waals surface area contributed by atoms with Gasteiger partial charge in [-0.1, -0.05) is 18.2 Å². The molecule has 2 heterocycles. The molecule has 1 aliphatic heterocycles. The molecule has 2 N–H and O–H groups in total. The quantitative estimate of drug-likeness (QED) is 0.857. The Labute approximate surface area is 153 Å². The number of nitrogens with zero attached hydrogens (tertiary/aromatic N) is 2. The van der Waals surface area contributed by atoms with Crippen LogP contribution in [-0.4, -0.2) is 49.1 Å². The minimum atomic E-state index is -0.607. The maximum atomic E-state index is 12.4. The molecule has 1 aromatic carbocycles. The Morgan fingerprint density at radius 1 is 1.08 bits per heavy atom. The lowest BCUT2D eigenvalue weighted by Crippen LogP contribution is -2.55. The van der Waals surface area contributed by atoms with Crippen LogP contribution in [0, 0.1) is 0 Å². The van der Waals surface area contributed by atoms with Crippen molar-refractivity contribution in [2.24, 2.45) is 0 Å². The summed E-state index contributed by atoms with van der Waals surface area (Å²) in [5, 5.41) is 5.51. The highest BCUT2D eigenvalue weighted by Crippen LogP contribution is 2.15. The third-order valence-corrected chi connectivity index (χ3v) is 4.44. The molecule has 1 aromatic heterocycles. The van der Waals surface area contributed by atoms with Gasteiger partial charge in [-0.25, -0.2) is 4.79 Å². The van der Waals surface area contributed by atoms with E-state index in [1.54, 1.807) is 30.2 Å². The molecule has 7 heteroatoms. The lowest BCUT2D eigenvalue weighted by Gasteiger charge is -2.36. The number of benzene rings is 1. The molecular formula is C19H24N4O3. The summed E-state index contributed by atoms with van der Waals surface area (Å²) in [6, 6.07) is 12.9. The Hall–Kier alpha value is -2.96. The summed E-state index contributed by atoms with van der Waals surface area (Å²) < 4.78 is 5.17. The summed E-state index contributed by atoms with van der Waals surface area (Å²) in [6.45, 7) is 4.79. The predicted molar refractivity (Wildman–Crippen MR) is 98.8 cm³/mol. The number of carbonyl (C=O) groups excluding carboxylic acids is 2. The van der Waals surface area contributed by atoms with Gasteiger partial charge in [0, 0.05) is 31.9 Å². The molecule has 26 heavy (non-hydrogen) atoms. The Balaban J connectivity index is 1.42. The first kappa shape index (κ1) is 17.8. The number of para-hydroxylation sites is 1. The molecule has 3 amide bonds. The fraction of sp³-hybridized carbons (Fsp3) is 0.368. The highest BCUT2D eigenvalue weighted by atomic mass is 16.3. The number of anilines is 1. The number of amides is 3. The second-order valence-electron chi connectivity index (χ2n) is 6.28. The molecule has 0 bridgehead atoms. The second-order valence-corrected chi connectivity index (χ2v) is 6.28. The van der Waals surface area contributed by atoms with Crippen LogP contribution in [-0.2, 0) is 11.3 Å². The van der Waals surface area contributed by atoms with Crippen molar-refractivity contribution in [3.05, 3.63) is 54.5 Å². The number of piperazine rings is 1. The molecule has 0 saturated carbocycles. The smallest absolute Gasteiger partial charge is 0.318 e. The number of hydrogen-bond donors (Lipinski definition) is 2. The van der Waals surface area contributed by atoms with Gasteiger partial charge in [-0.15, -0.1) is 0 Å².